The Labute approximate surface area is 129 Å². The zero-order chi connectivity index (χ0) is 15.8. The topological polar surface area (TPSA) is 123 Å². The van der Waals surface area contributed by atoms with Gasteiger partial charge in [-0.25, -0.2) is 4.98 Å². The number of aromatic nitrogens is 4. The molecule has 3 aromatic rings. The Morgan fingerprint density at radius 1 is 1.39 bits per heavy atom. The van der Waals surface area contributed by atoms with Crippen LogP contribution in [0.5, 0.6) is 0 Å². The Morgan fingerprint density at radius 3 is 3.17 bits per heavy atom. The molecule has 23 heavy (non-hydrogen) atoms. The number of nitrogens with one attached hydrogen (secondary N) is 2. The van der Waals surface area contributed by atoms with Crippen LogP contribution in [0.4, 0.5) is 5.69 Å². The first kappa shape index (κ1) is 13.6. The maximum absolute atomic E-state index is 10.8. The standard InChI is InChI=1S/C14H12N6O3/c21-20(22)9-3-1-2-8(4-9)13-18-14(23-19-13)11-5-10-12(6-15-11)17-7-16-10/h1-4,7,11,15H,5-6H2,(H,16,17)/t11-/m0/s1. The minimum Gasteiger partial charge on any atom is -0.347 e. The molecule has 1 aliphatic heterocycles. The van der Waals surface area contributed by atoms with Crippen LogP contribution in [0, 0.1) is 10.1 Å². The predicted octanol–water partition coefficient (Wildman–Crippen LogP) is 1.75. The van der Waals surface area contributed by atoms with Crippen molar-refractivity contribution in [3.05, 3.63) is 58.0 Å². The maximum atomic E-state index is 10.8. The normalized spacial score (nSPS) is 17.0. The third-order valence-electron chi connectivity index (χ3n) is 3.79. The average Bonchev–Trinajstić information content (AvgIpc) is 3.23. The number of nitro benzene ring substituents is 1. The van der Waals surface area contributed by atoms with Crippen LogP contribution in [0.1, 0.15) is 23.3 Å². The van der Waals surface area contributed by atoms with E-state index in [1.165, 1.54) is 12.1 Å². The van der Waals surface area contributed by atoms with Gasteiger partial charge in [0.25, 0.3) is 5.69 Å². The van der Waals surface area contributed by atoms with Gasteiger partial charge in [-0.3, -0.25) is 15.4 Å². The molecule has 1 aromatic carbocycles. The van der Waals surface area contributed by atoms with Gasteiger partial charge >= 0.3 is 0 Å². The summed E-state index contributed by atoms with van der Waals surface area (Å²) in [5.41, 5.74) is 2.57. The van der Waals surface area contributed by atoms with Crippen molar-refractivity contribution in [2.24, 2.45) is 0 Å². The van der Waals surface area contributed by atoms with Crippen LogP contribution in [0.25, 0.3) is 11.4 Å². The van der Waals surface area contributed by atoms with Crippen LogP contribution in [-0.4, -0.2) is 25.0 Å². The molecule has 0 unspecified atom stereocenters. The lowest BCUT2D eigenvalue weighted by molar-refractivity contribution is -0.384. The molecule has 9 nitrogen and oxygen atoms in total. The van der Waals surface area contributed by atoms with Crippen LogP contribution in [0.15, 0.2) is 35.1 Å². The summed E-state index contributed by atoms with van der Waals surface area (Å²) in [6.45, 7) is 0.647. The molecule has 4 rings (SSSR count). The molecule has 0 aliphatic carbocycles. The van der Waals surface area contributed by atoms with Crippen molar-refractivity contribution in [2.45, 2.75) is 19.0 Å². The Balaban J connectivity index is 1.60. The van der Waals surface area contributed by atoms with Crippen molar-refractivity contribution in [3.63, 3.8) is 0 Å². The van der Waals surface area contributed by atoms with E-state index in [0.29, 0.717) is 30.2 Å². The molecule has 116 valence electrons. The quantitative estimate of drug-likeness (QED) is 0.558. The number of imidazole rings is 1. The molecule has 0 radical (unpaired) electrons. The van der Waals surface area contributed by atoms with Gasteiger partial charge in [-0.15, -0.1) is 0 Å². The first-order valence-corrected chi connectivity index (χ1v) is 7.03. The smallest absolute Gasteiger partial charge is 0.270 e. The molecule has 0 saturated heterocycles. The van der Waals surface area contributed by atoms with E-state index in [0.717, 1.165) is 11.4 Å². The van der Waals surface area contributed by atoms with Crippen LogP contribution < -0.4 is 5.32 Å². The molecular weight excluding hydrogens is 300 g/mol. The van der Waals surface area contributed by atoms with Crippen molar-refractivity contribution < 1.29 is 9.45 Å². The maximum Gasteiger partial charge on any atom is 0.270 e. The fraction of sp³-hybridized carbons (Fsp3) is 0.214. The average molecular weight is 312 g/mol. The first-order valence-electron chi connectivity index (χ1n) is 7.03. The lowest BCUT2D eigenvalue weighted by Gasteiger charge is -2.19. The number of H-pyrrole nitrogens is 1. The number of benzene rings is 1. The zero-order valence-corrected chi connectivity index (χ0v) is 11.9. The molecule has 3 heterocycles. The van der Waals surface area contributed by atoms with Gasteiger partial charge < -0.3 is 9.51 Å². The number of hydrogen-bond acceptors (Lipinski definition) is 7. The Morgan fingerprint density at radius 2 is 2.30 bits per heavy atom. The number of non-ortho nitro benzene ring substituents is 1. The predicted molar refractivity (Wildman–Crippen MR) is 78.3 cm³/mol. The molecular formula is C14H12N6O3. The van der Waals surface area contributed by atoms with Crippen molar-refractivity contribution in [1.29, 1.82) is 0 Å². The Kier molecular flexibility index (Phi) is 3.12. The summed E-state index contributed by atoms with van der Waals surface area (Å²) in [5, 5.41) is 18.1. The van der Waals surface area contributed by atoms with E-state index in [-0.39, 0.29) is 11.7 Å². The van der Waals surface area contributed by atoms with Gasteiger partial charge in [0.1, 0.15) is 0 Å². The van der Waals surface area contributed by atoms with Gasteiger partial charge in [0, 0.05) is 30.7 Å². The summed E-state index contributed by atoms with van der Waals surface area (Å²) in [6.07, 6.45) is 2.31. The third kappa shape index (κ3) is 2.46. The Hall–Kier alpha value is -3.07. The second kappa shape index (κ2) is 5.29. The van der Waals surface area contributed by atoms with Crippen LogP contribution in [0.3, 0.4) is 0 Å². The molecule has 9 heteroatoms. The highest BCUT2D eigenvalue weighted by atomic mass is 16.6. The third-order valence-corrected chi connectivity index (χ3v) is 3.79. The highest BCUT2D eigenvalue weighted by Crippen LogP contribution is 2.26. The van der Waals surface area contributed by atoms with Gasteiger partial charge in [-0.2, -0.15) is 4.98 Å². The van der Waals surface area contributed by atoms with Gasteiger partial charge in [-0.05, 0) is 0 Å². The summed E-state index contributed by atoms with van der Waals surface area (Å²) in [6, 6.07) is 6.03. The lowest BCUT2D eigenvalue weighted by Crippen LogP contribution is -2.28. The van der Waals surface area contributed by atoms with Gasteiger partial charge in [0.15, 0.2) is 0 Å². The SMILES string of the molecule is O=[N+]([O-])c1cccc(-c2noc([C@@H]3Cc4nc[nH]c4CN3)n2)c1. The van der Waals surface area contributed by atoms with E-state index in [4.69, 9.17) is 4.52 Å². The second-order valence-electron chi connectivity index (χ2n) is 5.23. The number of hydrogen-bond donors (Lipinski definition) is 2. The van der Waals surface area contributed by atoms with E-state index in [1.54, 1.807) is 18.5 Å². The van der Waals surface area contributed by atoms with Crippen molar-refractivity contribution >= 4 is 5.69 Å². The molecule has 2 aromatic heterocycles. The van der Waals surface area contributed by atoms with Crippen LogP contribution in [-0.2, 0) is 13.0 Å². The van der Waals surface area contributed by atoms with E-state index in [1.807, 2.05) is 0 Å². The van der Waals surface area contributed by atoms with Crippen molar-refractivity contribution in [2.75, 3.05) is 0 Å². The minimum atomic E-state index is -0.452. The fourth-order valence-electron chi connectivity index (χ4n) is 2.60. The van der Waals surface area contributed by atoms with Crippen LogP contribution >= 0.6 is 0 Å². The molecule has 1 aliphatic rings. The van der Waals surface area contributed by atoms with E-state index in [2.05, 4.69) is 25.4 Å². The number of nitro groups is 1. The van der Waals surface area contributed by atoms with Crippen LogP contribution in [0.2, 0.25) is 0 Å². The highest BCUT2D eigenvalue weighted by molar-refractivity contribution is 5.58. The summed E-state index contributed by atoms with van der Waals surface area (Å²) >= 11 is 0. The fourth-order valence-corrected chi connectivity index (χ4v) is 2.60. The summed E-state index contributed by atoms with van der Waals surface area (Å²) < 4.78 is 5.32. The van der Waals surface area contributed by atoms with Gasteiger partial charge in [-0.1, -0.05) is 17.3 Å². The number of aromatic amines is 1. The molecule has 1 atom stereocenters. The molecule has 0 spiro atoms. The highest BCUT2D eigenvalue weighted by Gasteiger charge is 2.26. The van der Waals surface area contributed by atoms with Gasteiger partial charge in [0.2, 0.25) is 11.7 Å². The van der Waals surface area contributed by atoms with Crippen molar-refractivity contribution in [1.82, 2.24) is 25.4 Å². The molecule has 0 fully saturated rings. The first-order chi connectivity index (χ1) is 11.2. The zero-order valence-electron chi connectivity index (χ0n) is 11.9. The molecule has 0 bridgehead atoms. The number of nitrogens with zero attached hydrogens (tertiary/aromatic N) is 4. The lowest BCUT2D eigenvalue weighted by atomic mass is 10.1. The summed E-state index contributed by atoms with van der Waals surface area (Å²) in [7, 11) is 0. The second-order valence-corrected chi connectivity index (χ2v) is 5.23. The van der Waals surface area contributed by atoms with E-state index in [9.17, 15) is 10.1 Å². The largest absolute Gasteiger partial charge is 0.347 e. The van der Waals surface area contributed by atoms with E-state index >= 15 is 0 Å². The van der Waals surface area contributed by atoms with E-state index < -0.39 is 4.92 Å². The van der Waals surface area contributed by atoms with Gasteiger partial charge in [0.05, 0.1) is 28.7 Å². The summed E-state index contributed by atoms with van der Waals surface area (Å²) in [5.74, 6) is 0.776. The Bertz CT molecular complexity index is 871. The minimum absolute atomic E-state index is 0.00851. The summed E-state index contributed by atoms with van der Waals surface area (Å²) in [4.78, 5) is 22.1. The number of rotatable bonds is 3. The number of fused-ring (bicyclic) bond motifs is 1. The molecule has 0 saturated carbocycles. The van der Waals surface area contributed by atoms with Crippen molar-refractivity contribution in [3.8, 4) is 11.4 Å². The monoisotopic (exact) mass is 312 g/mol. The molecule has 0 amide bonds. The molecule has 2 N–H and O–H groups in total.